The average Bonchev–Trinajstić information content (AvgIpc) is 2.85. The second-order valence-corrected chi connectivity index (χ2v) is 3.67. The predicted octanol–water partition coefficient (Wildman–Crippen LogP) is 0.787. The molecule has 0 aliphatic carbocycles. The summed E-state index contributed by atoms with van der Waals surface area (Å²) in [4.78, 5) is 8.01. The summed E-state index contributed by atoms with van der Waals surface area (Å²) in [5, 5.41) is 3.77. The molecule has 0 amide bonds. The number of hydrogen-bond acceptors (Lipinski definition) is 6. The van der Waals surface area contributed by atoms with Crippen molar-refractivity contribution in [3.63, 3.8) is 0 Å². The van der Waals surface area contributed by atoms with Gasteiger partial charge in [-0.15, -0.1) is 0 Å². The summed E-state index contributed by atoms with van der Waals surface area (Å²) >= 11 is 0. The molecule has 6 nitrogen and oxygen atoms in total. The molecule has 2 aromatic heterocycles. The maximum atomic E-state index is 12.7. The van der Waals surface area contributed by atoms with Gasteiger partial charge in [-0.05, 0) is 12.1 Å². The van der Waals surface area contributed by atoms with E-state index in [1.165, 1.54) is 12.1 Å². The number of rotatable bonds is 5. The van der Waals surface area contributed by atoms with E-state index >= 15 is 0 Å². The van der Waals surface area contributed by atoms with Crippen LogP contribution in [0.1, 0.15) is 5.89 Å². The van der Waals surface area contributed by atoms with Gasteiger partial charge in [0.2, 0.25) is 11.7 Å². The number of nitrogens with two attached hydrogens (primary N) is 1. The van der Waals surface area contributed by atoms with Gasteiger partial charge in [-0.3, -0.25) is 0 Å². The van der Waals surface area contributed by atoms with Crippen LogP contribution in [-0.4, -0.2) is 34.9 Å². The van der Waals surface area contributed by atoms with Crippen LogP contribution in [0.3, 0.4) is 0 Å². The molecule has 18 heavy (non-hydrogen) atoms. The van der Waals surface area contributed by atoms with E-state index in [4.69, 9.17) is 15.0 Å². The van der Waals surface area contributed by atoms with Crippen molar-refractivity contribution in [2.75, 3.05) is 13.7 Å². The molecular weight excluding hydrogens is 239 g/mol. The molecule has 0 aliphatic rings. The molecule has 0 aromatic carbocycles. The van der Waals surface area contributed by atoms with Crippen LogP contribution < -0.4 is 5.73 Å². The molecule has 0 aliphatic heterocycles. The minimum atomic E-state index is -0.412. The van der Waals surface area contributed by atoms with Crippen molar-refractivity contribution in [3.05, 3.63) is 30.0 Å². The van der Waals surface area contributed by atoms with Crippen LogP contribution in [0.5, 0.6) is 0 Å². The third kappa shape index (κ3) is 2.88. The first kappa shape index (κ1) is 12.6. The van der Waals surface area contributed by atoms with Crippen molar-refractivity contribution in [1.82, 2.24) is 15.1 Å². The molecule has 7 heteroatoms. The summed E-state index contributed by atoms with van der Waals surface area (Å²) in [5.74, 6) is 0.315. The Morgan fingerprint density at radius 2 is 2.33 bits per heavy atom. The van der Waals surface area contributed by atoms with Gasteiger partial charge in [-0.1, -0.05) is 5.16 Å². The Hall–Kier alpha value is -1.86. The Kier molecular flexibility index (Phi) is 3.96. The SMILES string of the molecule is COC(CN)Cc1nc(-c2ccc(F)cn2)no1. The van der Waals surface area contributed by atoms with Gasteiger partial charge in [-0.2, -0.15) is 4.98 Å². The highest BCUT2D eigenvalue weighted by molar-refractivity contribution is 5.47. The minimum absolute atomic E-state index is 0.167. The van der Waals surface area contributed by atoms with Crippen molar-refractivity contribution in [2.24, 2.45) is 5.73 Å². The lowest BCUT2D eigenvalue weighted by Gasteiger charge is -2.08. The van der Waals surface area contributed by atoms with E-state index < -0.39 is 5.82 Å². The Balaban J connectivity index is 2.12. The lowest BCUT2D eigenvalue weighted by molar-refractivity contribution is 0.102. The highest BCUT2D eigenvalue weighted by atomic mass is 19.1. The van der Waals surface area contributed by atoms with Crippen molar-refractivity contribution < 1.29 is 13.7 Å². The van der Waals surface area contributed by atoms with E-state index in [0.717, 1.165) is 6.20 Å². The molecule has 0 spiro atoms. The Labute approximate surface area is 103 Å². The second kappa shape index (κ2) is 5.65. The molecule has 0 radical (unpaired) electrons. The highest BCUT2D eigenvalue weighted by Crippen LogP contribution is 2.14. The maximum absolute atomic E-state index is 12.7. The van der Waals surface area contributed by atoms with Gasteiger partial charge in [0.05, 0.1) is 18.7 Å². The van der Waals surface area contributed by atoms with E-state index in [1.54, 1.807) is 7.11 Å². The molecule has 0 fully saturated rings. The fourth-order valence-corrected chi connectivity index (χ4v) is 1.41. The van der Waals surface area contributed by atoms with Crippen LogP contribution >= 0.6 is 0 Å². The van der Waals surface area contributed by atoms with Crippen LogP contribution in [-0.2, 0) is 11.2 Å². The average molecular weight is 252 g/mol. The Bertz CT molecular complexity index is 496. The molecule has 2 aromatic rings. The highest BCUT2D eigenvalue weighted by Gasteiger charge is 2.14. The van der Waals surface area contributed by atoms with Gasteiger partial charge in [0, 0.05) is 13.7 Å². The van der Waals surface area contributed by atoms with E-state index in [0.29, 0.717) is 30.4 Å². The Morgan fingerprint density at radius 1 is 1.50 bits per heavy atom. The standard InChI is InChI=1S/C11H13FN4O2/c1-17-8(5-13)4-10-15-11(16-18-10)9-3-2-7(12)6-14-9/h2-3,6,8H,4-5,13H2,1H3. The molecule has 2 N–H and O–H groups in total. The molecule has 2 rings (SSSR count). The van der Waals surface area contributed by atoms with Crippen LogP contribution in [0.15, 0.2) is 22.9 Å². The van der Waals surface area contributed by atoms with Gasteiger partial charge < -0.3 is 15.0 Å². The molecule has 0 bridgehead atoms. The topological polar surface area (TPSA) is 87.1 Å². The zero-order valence-corrected chi connectivity index (χ0v) is 9.84. The first-order chi connectivity index (χ1) is 8.72. The molecule has 1 atom stereocenters. The fraction of sp³-hybridized carbons (Fsp3) is 0.364. The lowest BCUT2D eigenvalue weighted by Crippen LogP contribution is -2.24. The minimum Gasteiger partial charge on any atom is -0.380 e. The number of halogens is 1. The summed E-state index contributed by atoms with van der Waals surface area (Å²) < 4.78 is 22.9. The molecule has 0 saturated heterocycles. The second-order valence-electron chi connectivity index (χ2n) is 3.67. The first-order valence-electron chi connectivity index (χ1n) is 5.40. The largest absolute Gasteiger partial charge is 0.380 e. The first-order valence-corrected chi connectivity index (χ1v) is 5.40. The molecular formula is C11H13FN4O2. The van der Waals surface area contributed by atoms with Gasteiger partial charge in [0.1, 0.15) is 11.5 Å². The normalized spacial score (nSPS) is 12.6. The summed E-state index contributed by atoms with van der Waals surface area (Å²) in [5.41, 5.74) is 5.95. The van der Waals surface area contributed by atoms with E-state index in [9.17, 15) is 4.39 Å². The smallest absolute Gasteiger partial charge is 0.229 e. The monoisotopic (exact) mass is 252 g/mol. The zero-order valence-electron chi connectivity index (χ0n) is 9.84. The van der Waals surface area contributed by atoms with Gasteiger partial charge in [0.15, 0.2) is 0 Å². The van der Waals surface area contributed by atoms with E-state index in [1.807, 2.05) is 0 Å². The van der Waals surface area contributed by atoms with Gasteiger partial charge >= 0.3 is 0 Å². The summed E-state index contributed by atoms with van der Waals surface area (Å²) in [6.07, 6.45) is 1.36. The van der Waals surface area contributed by atoms with Gasteiger partial charge in [0.25, 0.3) is 0 Å². The molecule has 1 unspecified atom stereocenters. The lowest BCUT2D eigenvalue weighted by atomic mass is 10.2. The van der Waals surface area contributed by atoms with Crippen LogP contribution in [0, 0.1) is 5.82 Å². The van der Waals surface area contributed by atoms with Crippen LogP contribution in [0.4, 0.5) is 4.39 Å². The van der Waals surface area contributed by atoms with E-state index in [-0.39, 0.29) is 6.10 Å². The summed E-state index contributed by atoms with van der Waals surface area (Å²) in [6.45, 7) is 0.364. The quantitative estimate of drug-likeness (QED) is 0.846. The van der Waals surface area contributed by atoms with Crippen molar-refractivity contribution in [1.29, 1.82) is 0 Å². The summed E-state index contributed by atoms with van der Waals surface area (Å²) in [7, 11) is 1.57. The number of aromatic nitrogens is 3. The summed E-state index contributed by atoms with van der Waals surface area (Å²) in [6, 6.07) is 2.77. The molecule has 0 saturated carbocycles. The van der Waals surface area contributed by atoms with Crippen molar-refractivity contribution in [3.8, 4) is 11.5 Å². The number of methoxy groups -OCH3 is 1. The molecule has 2 heterocycles. The third-order valence-corrected chi connectivity index (χ3v) is 2.42. The number of nitrogens with zero attached hydrogens (tertiary/aromatic N) is 3. The Morgan fingerprint density at radius 3 is 2.94 bits per heavy atom. The number of pyridine rings is 1. The van der Waals surface area contributed by atoms with Gasteiger partial charge in [-0.25, -0.2) is 9.37 Å². The van der Waals surface area contributed by atoms with Crippen molar-refractivity contribution >= 4 is 0 Å². The van der Waals surface area contributed by atoms with E-state index in [2.05, 4.69) is 15.1 Å². The maximum Gasteiger partial charge on any atom is 0.229 e. The zero-order chi connectivity index (χ0) is 13.0. The molecule has 96 valence electrons. The number of ether oxygens (including phenoxy) is 1. The fourth-order valence-electron chi connectivity index (χ4n) is 1.41. The third-order valence-electron chi connectivity index (χ3n) is 2.42. The number of hydrogen-bond donors (Lipinski definition) is 1. The predicted molar refractivity (Wildman–Crippen MR) is 61.0 cm³/mol. The van der Waals surface area contributed by atoms with Crippen LogP contribution in [0.25, 0.3) is 11.5 Å². The van der Waals surface area contributed by atoms with Crippen molar-refractivity contribution in [2.45, 2.75) is 12.5 Å². The van der Waals surface area contributed by atoms with Crippen LogP contribution in [0.2, 0.25) is 0 Å².